The maximum absolute atomic E-state index is 13.1. The summed E-state index contributed by atoms with van der Waals surface area (Å²) in [7, 11) is 1.70. The summed E-state index contributed by atoms with van der Waals surface area (Å²) in [6.07, 6.45) is -4.40. The zero-order valence-electron chi connectivity index (χ0n) is 16.5. The van der Waals surface area contributed by atoms with Gasteiger partial charge in [-0.3, -0.25) is 9.69 Å². The van der Waals surface area contributed by atoms with Gasteiger partial charge in [0, 0.05) is 13.1 Å². The number of carbonyl (C=O) groups excluding carboxylic acids is 1. The Morgan fingerprint density at radius 3 is 2.47 bits per heavy atom. The number of aryl methyl sites for hydroxylation is 1. The molecule has 9 heteroatoms. The van der Waals surface area contributed by atoms with Gasteiger partial charge in [-0.1, -0.05) is 59.4 Å². The first kappa shape index (κ1) is 21.9. The number of nitrogens with one attached hydrogen (secondary N) is 1. The van der Waals surface area contributed by atoms with Crippen LogP contribution in [0.2, 0.25) is 0 Å². The molecule has 0 bridgehead atoms. The molecule has 0 aliphatic heterocycles. The molecule has 0 aliphatic rings. The van der Waals surface area contributed by atoms with Crippen molar-refractivity contribution in [1.29, 1.82) is 0 Å². The highest BCUT2D eigenvalue weighted by Crippen LogP contribution is 2.32. The van der Waals surface area contributed by atoms with E-state index in [1.807, 2.05) is 31.2 Å². The van der Waals surface area contributed by atoms with Gasteiger partial charge in [0.2, 0.25) is 5.01 Å². The smallest absolute Gasteiger partial charge is 0.346 e. The third kappa shape index (κ3) is 5.87. The van der Waals surface area contributed by atoms with E-state index in [0.717, 1.165) is 28.5 Å². The molecule has 0 radical (unpaired) electrons. The summed E-state index contributed by atoms with van der Waals surface area (Å²) >= 11 is 1.13. The lowest BCUT2D eigenvalue weighted by Gasteiger charge is -2.18. The minimum Gasteiger partial charge on any atom is -0.346 e. The number of aromatic nitrogens is 2. The molecule has 2 aromatic carbocycles. The maximum atomic E-state index is 13.1. The molecule has 0 saturated carbocycles. The second kappa shape index (κ2) is 9.36. The van der Waals surface area contributed by atoms with E-state index < -0.39 is 11.7 Å². The van der Waals surface area contributed by atoms with E-state index in [0.29, 0.717) is 11.6 Å². The number of benzene rings is 2. The van der Waals surface area contributed by atoms with Crippen LogP contribution in [-0.2, 0) is 25.8 Å². The Labute approximate surface area is 176 Å². The largest absolute Gasteiger partial charge is 0.416 e. The summed E-state index contributed by atoms with van der Waals surface area (Å²) in [5.74, 6) is -0.329. The minimum absolute atomic E-state index is 0.101. The lowest BCUT2D eigenvalue weighted by Crippen LogP contribution is -2.22. The Bertz CT molecular complexity index is 1000. The van der Waals surface area contributed by atoms with E-state index >= 15 is 0 Å². The van der Waals surface area contributed by atoms with E-state index in [-0.39, 0.29) is 29.6 Å². The fourth-order valence-electron chi connectivity index (χ4n) is 2.89. The third-order valence-electron chi connectivity index (χ3n) is 4.40. The molecule has 3 aromatic rings. The highest BCUT2D eigenvalue weighted by molar-refractivity contribution is 7.13. The second-order valence-corrected chi connectivity index (χ2v) is 8.06. The predicted octanol–water partition coefficient (Wildman–Crippen LogP) is 4.43. The molecule has 0 atom stereocenters. The van der Waals surface area contributed by atoms with Crippen LogP contribution in [0.4, 0.5) is 13.2 Å². The number of halogens is 3. The van der Waals surface area contributed by atoms with Gasteiger partial charge in [-0.25, -0.2) is 0 Å². The van der Waals surface area contributed by atoms with E-state index in [1.165, 1.54) is 12.1 Å². The Morgan fingerprint density at radius 1 is 1.07 bits per heavy atom. The number of hydrogen-bond donors (Lipinski definition) is 1. The Balaban J connectivity index is 1.57. The van der Waals surface area contributed by atoms with Crippen molar-refractivity contribution in [1.82, 2.24) is 20.4 Å². The second-order valence-electron chi connectivity index (χ2n) is 7.00. The molecule has 0 unspecified atom stereocenters. The van der Waals surface area contributed by atoms with Gasteiger partial charge in [-0.15, -0.1) is 10.2 Å². The maximum Gasteiger partial charge on any atom is 0.416 e. The molecule has 3 rings (SSSR count). The van der Waals surface area contributed by atoms with Gasteiger partial charge in [0.15, 0.2) is 0 Å². The van der Waals surface area contributed by atoms with Crippen molar-refractivity contribution < 1.29 is 18.0 Å². The first-order valence-electron chi connectivity index (χ1n) is 9.22. The summed E-state index contributed by atoms with van der Waals surface area (Å²) < 4.78 is 39.4. The van der Waals surface area contributed by atoms with E-state index in [1.54, 1.807) is 18.0 Å². The number of amides is 1. The van der Waals surface area contributed by atoms with Crippen molar-refractivity contribution >= 4 is 17.2 Å². The Morgan fingerprint density at radius 2 is 1.77 bits per heavy atom. The topological polar surface area (TPSA) is 58.1 Å². The highest BCUT2D eigenvalue weighted by Gasteiger charge is 2.33. The average Bonchev–Trinajstić information content (AvgIpc) is 3.15. The van der Waals surface area contributed by atoms with Gasteiger partial charge in [-0.05, 0) is 31.2 Å². The predicted molar refractivity (Wildman–Crippen MR) is 109 cm³/mol. The highest BCUT2D eigenvalue weighted by atomic mass is 32.1. The monoisotopic (exact) mass is 434 g/mol. The van der Waals surface area contributed by atoms with Crippen LogP contribution >= 0.6 is 11.3 Å². The number of rotatable bonds is 7. The molecule has 5 nitrogen and oxygen atoms in total. The molecule has 158 valence electrons. The van der Waals surface area contributed by atoms with E-state index in [4.69, 9.17) is 0 Å². The molecule has 0 spiro atoms. The summed E-state index contributed by atoms with van der Waals surface area (Å²) in [6.45, 7) is 2.76. The number of alkyl halides is 3. The lowest BCUT2D eigenvalue weighted by molar-refractivity contribution is -0.138. The summed E-state index contributed by atoms with van der Waals surface area (Å²) in [5, 5.41) is 11.5. The van der Waals surface area contributed by atoms with Crippen LogP contribution in [0.1, 0.15) is 37.1 Å². The first-order chi connectivity index (χ1) is 14.2. The summed E-state index contributed by atoms with van der Waals surface area (Å²) in [5.41, 5.74) is 1.65. The number of carbonyl (C=O) groups is 1. The van der Waals surface area contributed by atoms with E-state index in [2.05, 4.69) is 15.5 Å². The van der Waals surface area contributed by atoms with Crippen LogP contribution < -0.4 is 5.32 Å². The van der Waals surface area contributed by atoms with Crippen molar-refractivity contribution in [2.45, 2.75) is 32.7 Å². The number of hydrogen-bond acceptors (Lipinski definition) is 5. The molecule has 1 aromatic heterocycles. The van der Waals surface area contributed by atoms with Crippen LogP contribution in [0.25, 0.3) is 0 Å². The molecule has 0 fully saturated rings. The molecular weight excluding hydrogens is 413 g/mol. The number of nitrogens with zero attached hydrogens (tertiary/aromatic N) is 3. The molecule has 0 saturated heterocycles. The lowest BCUT2D eigenvalue weighted by atomic mass is 10.1. The van der Waals surface area contributed by atoms with Gasteiger partial charge >= 0.3 is 6.18 Å². The zero-order chi connectivity index (χ0) is 21.7. The van der Waals surface area contributed by atoms with Crippen LogP contribution in [0, 0.1) is 6.92 Å². The fourth-order valence-corrected chi connectivity index (χ4v) is 3.72. The Kier molecular flexibility index (Phi) is 6.84. The molecule has 1 amide bonds. The average molecular weight is 434 g/mol. The fraction of sp³-hybridized carbons (Fsp3) is 0.286. The molecule has 1 N–H and O–H groups in total. The molecule has 30 heavy (non-hydrogen) atoms. The summed E-state index contributed by atoms with van der Waals surface area (Å²) in [4.78, 5) is 14.0. The van der Waals surface area contributed by atoms with Crippen molar-refractivity contribution in [2.75, 3.05) is 7.05 Å². The van der Waals surface area contributed by atoms with Crippen LogP contribution in [0.3, 0.4) is 0 Å². The molecule has 1 heterocycles. The molecule has 0 aliphatic carbocycles. The van der Waals surface area contributed by atoms with Crippen LogP contribution in [0.15, 0.2) is 48.5 Å². The quantitative estimate of drug-likeness (QED) is 0.598. The van der Waals surface area contributed by atoms with Crippen molar-refractivity contribution in [3.63, 3.8) is 0 Å². The van der Waals surface area contributed by atoms with Gasteiger partial charge in [-0.2, -0.15) is 13.2 Å². The normalized spacial score (nSPS) is 11.7. The van der Waals surface area contributed by atoms with E-state index in [9.17, 15) is 18.0 Å². The zero-order valence-corrected chi connectivity index (χ0v) is 17.3. The van der Waals surface area contributed by atoms with Gasteiger partial charge in [0.25, 0.3) is 5.91 Å². The minimum atomic E-state index is -4.40. The molecular formula is C21H21F3N4OS. The van der Waals surface area contributed by atoms with Crippen molar-refractivity contribution in [3.05, 3.63) is 80.8 Å². The first-order valence-corrected chi connectivity index (χ1v) is 10.0. The van der Waals surface area contributed by atoms with Crippen molar-refractivity contribution in [2.24, 2.45) is 0 Å². The standard InChI is InChI=1S/C21H21F3N4OS/c1-14-7-9-15(10-8-14)11-25-19(29)20-27-26-18(30-20)13-28(2)12-16-5-3-4-6-17(16)21(22,23)24/h3-10H,11-13H2,1-2H3,(H,25,29). The Hall–Kier alpha value is -2.78. The third-order valence-corrected chi connectivity index (χ3v) is 5.31. The van der Waals surface area contributed by atoms with Crippen LogP contribution in [0.5, 0.6) is 0 Å². The van der Waals surface area contributed by atoms with Crippen molar-refractivity contribution in [3.8, 4) is 0 Å². The van der Waals surface area contributed by atoms with Gasteiger partial charge < -0.3 is 5.32 Å². The van der Waals surface area contributed by atoms with Gasteiger partial charge in [0.05, 0.1) is 12.1 Å². The van der Waals surface area contributed by atoms with Gasteiger partial charge in [0.1, 0.15) is 5.01 Å². The SMILES string of the molecule is Cc1ccc(CNC(=O)c2nnc(CN(C)Cc3ccccc3C(F)(F)F)s2)cc1. The summed E-state index contributed by atoms with van der Waals surface area (Å²) in [6, 6.07) is 13.3. The van der Waals surface area contributed by atoms with Crippen LogP contribution in [-0.4, -0.2) is 28.1 Å².